The number of halogens is 1. The molecule has 0 aliphatic rings. The van der Waals surface area contributed by atoms with Crippen LogP contribution in [0.15, 0.2) is 83.3 Å². The molecule has 0 saturated carbocycles. The minimum absolute atomic E-state index is 0.0915. The van der Waals surface area contributed by atoms with Crippen LogP contribution in [0.1, 0.15) is 41.8 Å². The van der Waals surface area contributed by atoms with Gasteiger partial charge in [0.1, 0.15) is 12.6 Å². The highest BCUT2D eigenvalue weighted by Crippen LogP contribution is 2.22. The fourth-order valence-electron chi connectivity index (χ4n) is 4.20. The van der Waals surface area contributed by atoms with Crippen molar-refractivity contribution in [3.63, 3.8) is 0 Å². The zero-order chi connectivity index (χ0) is 29.3. The Hall–Kier alpha value is -3.50. The first-order valence-corrected chi connectivity index (χ1v) is 15.6. The third-order valence-electron chi connectivity index (χ3n) is 6.31. The maximum atomic E-state index is 14.0. The number of amides is 2. The van der Waals surface area contributed by atoms with Crippen LogP contribution < -0.4 is 9.62 Å². The second-order valence-corrected chi connectivity index (χ2v) is 12.3. The summed E-state index contributed by atoms with van der Waals surface area (Å²) in [7, 11) is -3.92. The number of hydrogen-bond donors (Lipinski definition) is 1. The van der Waals surface area contributed by atoms with Crippen molar-refractivity contribution in [2.24, 2.45) is 0 Å². The standard InChI is InChI=1S/C30H34BrN3O5S/c1-4-17-32-30(37)28(18-23-9-6-5-7-10-23)33(20-24-13-15-26(31)16-14-24)29(36)21-34(40(3,38)39)27-12-8-11-25(19-27)22(2)35/h5-16,19,28H,4,17-18,20-21H2,1-3H3,(H,32,37)/t28-/m0/s1. The molecular weight excluding hydrogens is 594 g/mol. The highest BCUT2D eigenvalue weighted by molar-refractivity contribution is 9.10. The van der Waals surface area contributed by atoms with Gasteiger partial charge >= 0.3 is 0 Å². The molecule has 0 aliphatic carbocycles. The number of nitrogens with zero attached hydrogens (tertiary/aromatic N) is 2. The fourth-order valence-corrected chi connectivity index (χ4v) is 5.31. The lowest BCUT2D eigenvalue weighted by atomic mass is 10.0. The largest absolute Gasteiger partial charge is 0.354 e. The molecule has 1 N–H and O–H groups in total. The number of carbonyl (C=O) groups is 3. The normalized spacial score (nSPS) is 11.9. The molecule has 0 bridgehead atoms. The van der Waals surface area contributed by atoms with Gasteiger partial charge in [-0.3, -0.25) is 18.7 Å². The van der Waals surface area contributed by atoms with Gasteiger partial charge in [-0.05, 0) is 48.7 Å². The summed E-state index contributed by atoms with van der Waals surface area (Å²) >= 11 is 3.42. The molecule has 0 radical (unpaired) electrons. The Bertz CT molecular complexity index is 1430. The summed E-state index contributed by atoms with van der Waals surface area (Å²) in [6, 6.07) is 22.0. The molecular formula is C30H34BrN3O5S. The van der Waals surface area contributed by atoms with Crippen LogP contribution in [-0.2, 0) is 32.6 Å². The molecule has 3 rings (SSSR count). The first kappa shape index (κ1) is 31.0. The smallest absolute Gasteiger partial charge is 0.244 e. The molecule has 0 saturated heterocycles. The number of nitrogens with one attached hydrogen (secondary N) is 1. The van der Waals surface area contributed by atoms with E-state index in [9.17, 15) is 22.8 Å². The molecule has 0 aliphatic heterocycles. The lowest BCUT2D eigenvalue weighted by Gasteiger charge is -2.33. The van der Waals surface area contributed by atoms with Crippen molar-refractivity contribution in [1.29, 1.82) is 0 Å². The van der Waals surface area contributed by atoms with Crippen molar-refractivity contribution >= 4 is 49.2 Å². The summed E-state index contributed by atoms with van der Waals surface area (Å²) in [5, 5.41) is 2.91. The van der Waals surface area contributed by atoms with Crippen molar-refractivity contribution in [2.75, 3.05) is 23.7 Å². The zero-order valence-electron chi connectivity index (χ0n) is 22.8. The average molecular weight is 629 g/mol. The minimum atomic E-state index is -3.92. The predicted octanol–water partition coefficient (Wildman–Crippen LogP) is 4.58. The number of rotatable bonds is 13. The maximum Gasteiger partial charge on any atom is 0.244 e. The number of sulfonamides is 1. The second-order valence-electron chi connectivity index (χ2n) is 9.52. The topological polar surface area (TPSA) is 104 Å². The third-order valence-corrected chi connectivity index (χ3v) is 7.98. The van der Waals surface area contributed by atoms with Crippen molar-refractivity contribution < 1.29 is 22.8 Å². The summed E-state index contributed by atoms with van der Waals surface area (Å²) in [6.45, 7) is 3.32. The van der Waals surface area contributed by atoms with E-state index in [1.165, 1.54) is 24.0 Å². The van der Waals surface area contributed by atoms with Crippen molar-refractivity contribution in [2.45, 2.75) is 39.3 Å². The summed E-state index contributed by atoms with van der Waals surface area (Å²) in [6.07, 6.45) is 1.98. The molecule has 0 spiro atoms. The average Bonchev–Trinajstić information content (AvgIpc) is 2.93. The van der Waals surface area contributed by atoms with Gasteiger partial charge < -0.3 is 10.2 Å². The van der Waals surface area contributed by atoms with Crippen LogP contribution in [0, 0.1) is 0 Å². The van der Waals surface area contributed by atoms with E-state index >= 15 is 0 Å². The van der Waals surface area contributed by atoms with E-state index in [2.05, 4.69) is 21.2 Å². The van der Waals surface area contributed by atoms with Crippen molar-refractivity contribution in [1.82, 2.24) is 10.2 Å². The van der Waals surface area contributed by atoms with E-state index in [1.807, 2.05) is 61.5 Å². The zero-order valence-corrected chi connectivity index (χ0v) is 25.2. The van der Waals surface area contributed by atoms with Crippen LogP contribution in [0.3, 0.4) is 0 Å². The fraction of sp³-hybridized carbons (Fsp3) is 0.300. The van der Waals surface area contributed by atoms with Gasteiger partial charge in [-0.25, -0.2) is 8.42 Å². The van der Waals surface area contributed by atoms with E-state index in [-0.39, 0.29) is 30.3 Å². The lowest BCUT2D eigenvalue weighted by molar-refractivity contribution is -0.140. The Morgan fingerprint density at radius 2 is 1.60 bits per heavy atom. The lowest BCUT2D eigenvalue weighted by Crippen LogP contribution is -2.53. The predicted molar refractivity (Wildman–Crippen MR) is 161 cm³/mol. The highest BCUT2D eigenvalue weighted by atomic mass is 79.9. The monoisotopic (exact) mass is 627 g/mol. The molecule has 0 unspecified atom stereocenters. The van der Waals surface area contributed by atoms with E-state index in [0.717, 1.165) is 32.6 Å². The Morgan fingerprint density at radius 1 is 0.925 bits per heavy atom. The van der Waals surface area contributed by atoms with Crippen molar-refractivity contribution in [3.8, 4) is 0 Å². The molecule has 10 heteroatoms. The molecule has 0 aromatic heterocycles. The Labute approximate surface area is 244 Å². The van der Waals surface area contributed by atoms with Gasteiger partial charge in [0.15, 0.2) is 5.78 Å². The van der Waals surface area contributed by atoms with Gasteiger partial charge in [-0.15, -0.1) is 0 Å². The molecule has 3 aromatic carbocycles. The quantitative estimate of drug-likeness (QED) is 0.279. The molecule has 8 nitrogen and oxygen atoms in total. The van der Waals surface area contributed by atoms with Gasteiger partial charge in [0.05, 0.1) is 11.9 Å². The SMILES string of the molecule is CCCNC(=O)[C@H](Cc1ccccc1)N(Cc1ccc(Br)cc1)C(=O)CN(c1cccc(C(C)=O)c1)S(C)(=O)=O. The number of anilines is 1. The Kier molecular flexibility index (Phi) is 11.0. The first-order valence-electron chi connectivity index (χ1n) is 12.9. The molecule has 1 atom stereocenters. The van der Waals surface area contributed by atoms with E-state index in [1.54, 1.807) is 12.1 Å². The van der Waals surface area contributed by atoms with Crippen LogP contribution in [0.4, 0.5) is 5.69 Å². The summed E-state index contributed by atoms with van der Waals surface area (Å²) in [5.74, 6) is -1.09. The third kappa shape index (κ3) is 8.76. The van der Waals surface area contributed by atoms with Gasteiger partial charge in [-0.2, -0.15) is 0 Å². The van der Waals surface area contributed by atoms with Gasteiger partial charge in [0.2, 0.25) is 21.8 Å². The highest BCUT2D eigenvalue weighted by Gasteiger charge is 2.33. The molecule has 0 fully saturated rings. The van der Waals surface area contributed by atoms with Gasteiger partial charge in [-0.1, -0.05) is 77.5 Å². The summed E-state index contributed by atoms with van der Waals surface area (Å²) in [5.41, 5.74) is 2.16. The Balaban J connectivity index is 2.05. The summed E-state index contributed by atoms with van der Waals surface area (Å²) in [4.78, 5) is 40.9. The molecule has 40 heavy (non-hydrogen) atoms. The molecule has 212 valence electrons. The van der Waals surface area contributed by atoms with Crippen LogP contribution in [0.5, 0.6) is 0 Å². The number of ketones is 1. The molecule has 0 heterocycles. The maximum absolute atomic E-state index is 14.0. The van der Waals surface area contributed by atoms with E-state index in [4.69, 9.17) is 0 Å². The van der Waals surface area contributed by atoms with Gasteiger partial charge in [0.25, 0.3) is 0 Å². The number of carbonyl (C=O) groups excluding carboxylic acids is 3. The second kappa shape index (κ2) is 14.2. The van der Waals surface area contributed by atoms with E-state index in [0.29, 0.717) is 12.1 Å². The first-order chi connectivity index (χ1) is 19.0. The number of hydrogen-bond acceptors (Lipinski definition) is 5. The molecule has 3 aromatic rings. The summed E-state index contributed by atoms with van der Waals surface area (Å²) < 4.78 is 27.6. The molecule has 2 amide bonds. The van der Waals surface area contributed by atoms with Crippen LogP contribution in [0.2, 0.25) is 0 Å². The van der Waals surface area contributed by atoms with E-state index < -0.39 is 28.5 Å². The number of Topliss-reactive ketones (excluding diaryl/α,β-unsaturated/α-hetero) is 1. The van der Waals surface area contributed by atoms with Crippen LogP contribution in [-0.4, -0.2) is 56.3 Å². The minimum Gasteiger partial charge on any atom is -0.354 e. The number of benzene rings is 3. The van der Waals surface area contributed by atoms with Crippen molar-refractivity contribution in [3.05, 3.63) is 100 Å². The van der Waals surface area contributed by atoms with Crippen LogP contribution in [0.25, 0.3) is 0 Å². The Morgan fingerprint density at radius 3 is 2.20 bits per heavy atom. The van der Waals surface area contributed by atoms with Gasteiger partial charge in [0, 0.05) is 29.5 Å². The van der Waals surface area contributed by atoms with Crippen LogP contribution >= 0.6 is 15.9 Å².